The van der Waals surface area contributed by atoms with Crippen LogP contribution in [0.25, 0.3) is 0 Å². The number of ether oxygens (including phenoxy) is 1. The highest BCUT2D eigenvalue weighted by Crippen LogP contribution is 2.27. The number of aromatic nitrogens is 1. The maximum atomic E-state index is 13.3. The van der Waals surface area contributed by atoms with Crippen LogP contribution in [0.5, 0.6) is 11.6 Å². The summed E-state index contributed by atoms with van der Waals surface area (Å²) in [5.74, 6) is -1.20. The molecule has 3 nitrogen and oxygen atoms in total. The molecule has 0 aliphatic rings. The lowest BCUT2D eigenvalue weighted by Crippen LogP contribution is -2.14. The number of nitrogens with zero attached hydrogens (tertiary/aromatic N) is 1. The molecule has 1 N–H and O–H groups in total. The summed E-state index contributed by atoms with van der Waals surface area (Å²) in [5, 5.41) is 3.22. The smallest absolute Gasteiger partial charge is 0.224 e. The van der Waals surface area contributed by atoms with Crippen molar-refractivity contribution in [2.45, 2.75) is 27.3 Å². The number of nitrogens with one attached hydrogen (secondary N) is 1. The van der Waals surface area contributed by atoms with E-state index in [9.17, 15) is 8.78 Å². The molecular formula is C16H18F2N2O. The number of hydrogen-bond donors (Lipinski definition) is 1. The van der Waals surface area contributed by atoms with E-state index in [1.807, 2.05) is 26.8 Å². The first-order valence-corrected chi connectivity index (χ1v) is 6.82. The minimum Gasteiger partial charge on any atom is -0.439 e. The van der Waals surface area contributed by atoms with Gasteiger partial charge in [-0.2, -0.15) is 0 Å². The third kappa shape index (κ3) is 3.76. The molecule has 0 saturated heterocycles. The highest BCUT2D eigenvalue weighted by atomic mass is 19.2. The highest BCUT2D eigenvalue weighted by molar-refractivity contribution is 5.39. The monoisotopic (exact) mass is 292 g/mol. The molecular weight excluding hydrogens is 274 g/mol. The second-order valence-electron chi connectivity index (χ2n) is 4.82. The van der Waals surface area contributed by atoms with Crippen LogP contribution in [0.2, 0.25) is 0 Å². The summed E-state index contributed by atoms with van der Waals surface area (Å²) in [6.45, 7) is 7.26. The van der Waals surface area contributed by atoms with Crippen LogP contribution < -0.4 is 10.1 Å². The van der Waals surface area contributed by atoms with Crippen molar-refractivity contribution in [2.75, 3.05) is 6.54 Å². The average molecular weight is 292 g/mol. The van der Waals surface area contributed by atoms with Gasteiger partial charge in [0.1, 0.15) is 5.75 Å². The summed E-state index contributed by atoms with van der Waals surface area (Å²) in [4.78, 5) is 4.36. The fourth-order valence-electron chi connectivity index (χ4n) is 2.03. The number of pyridine rings is 1. The lowest BCUT2D eigenvalue weighted by molar-refractivity contribution is 0.439. The third-order valence-electron chi connectivity index (χ3n) is 3.09. The maximum Gasteiger partial charge on any atom is 0.224 e. The first-order valence-electron chi connectivity index (χ1n) is 6.82. The number of halogens is 2. The van der Waals surface area contributed by atoms with Crippen molar-refractivity contribution < 1.29 is 13.5 Å². The van der Waals surface area contributed by atoms with Crippen molar-refractivity contribution in [2.24, 2.45) is 0 Å². The number of benzene rings is 1. The Balaban J connectivity index is 2.35. The second-order valence-corrected chi connectivity index (χ2v) is 4.82. The topological polar surface area (TPSA) is 34.2 Å². The molecule has 1 aromatic heterocycles. The Hall–Kier alpha value is -2.01. The van der Waals surface area contributed by atoms with Gasteiger partial charge in [0.25, 0.3) is 0 Å². The Morgan fingerprint density at radius 1 is 1.14 bits per heavy atom. The van der Waals surface area contributed by atoms with Crippen molar-refractivity contribution >= 4 is 0 Å². The Morgan fingerprint density at radius 3 is 2.57 bits per heavy atom. The molecule has 2 rings (SSSR count). The van der Waals surface area contributed by atoms with E-state index in [1.165, 1.54) is 6.07 Å². The van der Waals surface area contributed by atoms with E-state index in [2.05, 4.69) is 10.3 Å². The predicted molar refractivity (Wildman–Crippen MR) is 77.5 cm³/mol. The van der Waals surface area contributed by atoms with Crippen LogP contribution in [0.3, 0.4) is 0 Å². The number of rotatable bonds is 5. The Bertz CT molecular complexity index is 644. The molecule has 0 unspecified atom stereocenters. The third-order valence-corrected chi connectivity index (χ3v) is 3.09. The molecule has 112 valence electrons. The summed E-state index contributed by atoms with van der Waals surface area (Å²) in [6, 6.07) is 5.41. The molecule has 0 spiro atoms. The molecule has 0 atom stereocenters. The zero-order valence-electron chi connectivity index (χ0n) is 12.3. The van der Waals surface area contributed by atoms with Gasteiger partial charge in [0.2, 0.25) is 5.88 Å². The van der Waals surface area contributed by atoms with Gasteiger partial charge in [0.05, 0.1) is 0 Å². The van der Waals surface area contributed by atoms with Gasteiger partial charge in [-0.3, -0.25) is 0 Å². The average Bonchev–Trinajstić information content (AvgIpc) is 2.42. The zero-order chi connectivity index (χ0) is 15.4. The molecule has 0 aliphatic heterocycles. The van der Waals surface area contributed by atoms with Gasteiger partial charge >= 0.3 is 0 Å². The maximum absolute atomic E-state index is 13.3. The fourth-order valence-corrected chi connectivity index (χ4v) is 2.03. The summed E-state index contributed by atoms with van der Waals surface area (Å²) in [6.07, 6.45) is 0. The van der Waals surface area contributed by atoms with E-state index in [1.54, 1.807) is 0 Å². The van der Waals surface area contributed by atoms with E-state index >= 15 is 0 Å². The van der Waals surface area contributed by atoms with Gasteiger partial charge < -0.3 is 10.1 Å². The Labute approximate surface area is 123 Å². The molecule has 0 aliphatic carbocycles. The first-order chi connectivity index (χ1) is 10.0. The van der Waals surface area contributed by atoms with Crippen LogP contribution in [0, 0.1) is 25.5 Å². The van der Waals surface area contributed by atoms with E-state index in [4.69, 9.17) is 4.74 Å². The van der Waals surface area contributed by atoms with Crippen molar-refractivity contribution in [1.29, 1.82) is 0 Å². The lowest BCUT2D eigenvalue weighted by atomic mass is 10.1. The van der Waals surface area contributed by atoms with Crippen molar-refractivity contribution in [3.05, 3.63) is 52.7 Å². The predicted octanol–water partition coefficient (Wildman–Crippen LogP) is 3.88. The van der Waals surface area contributed by atoms with Crippen LogP contribution in [0.4, 0.5) is 8.78 Å². The van der Waals surface area contributed by atoms with Crippen molar-refractivity contribution in [3.8, 4) is 11.6 Å². The van der Waals surface area contributed by atoms with E-state index in [0.29, 0.717) is 12.4 Å². The van der Waals surface area contributed by atoms with Gasteiger partial charge in [-0.05, 0) is 44.2 Å². The molecule has 0 amide bonds. The van der Waals surface area contributed by atoms with E-state index in [-0.39, 0.29) is 5.75 Å². The summed E-state index contributed by atoms with van der Waals surface area (Å²) in [7, 11) is 0. The second kappa shape index (κ2) is 6.63. The normalized spacial score (nSPS) is 10.7. The fraction of sp³-hybridized carbons (Fsp3) is 0.312. The molecule has 0 fully saturated rings. The standard InChI is InChI=1S/C16H18F2N2O/c1-4-19-9-13-10(2)7-11(3)20-16(13)21-12-5-6-14(17)15(18)8-12/h5-8,19H,4,9H2,1-3H3. The van der Waals surface area contributed by atoms with Crippen LogP contribution >= 0.6 is 0 Å². The largest absolute Gasteiger partial charge is 0.439 e. The zero-order valence-corrected chi connectivity index (χ0v) is 12.3. The van der Waals surface area contributed by atoms with Crippen LogP contribution in [0.15, 0.2) is 24.3 Å². The van der Waals surface area contributed by atoms with Gasteiger partial charge in [0, 0.05) is 23.9 Å². The molecule has 0 radical (unpaired) electrons. The van der Waals surface area contributed by atoms with Gasteiger partial charge in [0.15, 0.2) is 11.6 Å². The summed E-state index contributed by atoms with van der Waals surface area (Å²) in [5.41, 5.74) is 2.76. The highest BCUT2D eigenvalue weighted by Gasteiger charge is 2.12. The van der Waals surface area contributed by atoms with Gasteiger partial charge in [-0.15, -0.1) is 0 Å². The SMILES string of the molecule is CCNCc1c(C)cc(C)nc1Oc1ccc(F)c(F)c1. The summed E-state index contributed by atoms with van der Waals surface area (Å²) < 4.78 is 31.9. The Morgan fingerprint density at radius 2 is 1.90 bits per heavy atom. The Kier molecular flexibility index (Phi) is 4.85. The summed E-state index contributed by atoms with van der Waals surface area (Å²) >= 11 is 0. The van der Waals surface area contributed by atoms with E-state index in [0.717, 1.165) is 35.5 Å². The minimum atomic E-state index is -0.940. The van der Waals surface area contributed by atoms with Crippen molar-refractivity contribution in [3.63, 3.8) is 0 Å². The molecule has 2 aromatic rings. The minimum absolute atomic E-state index is 0.226. The van der Waals surface area contributed by atoms with E-state index < -0.39 is 11.6 Å². The van der Waals surface area contributed by atoms with Gasteiger partial charge in [-0.1, -0.05) is 6.92 Å². The molecule has 0 saturated carbocycles. The first kappa shape index (κ1) is 15.4. The number of aryl methyl sites for hydroxylation is 2. The van der Waals surface area contributed by atoms with Gasteiger partial charge in [-0.25, -0.2) is 13.8 Å². The quantitative estimate of drug-likeness (QED) is 0.908. The molecule has 5 heteroatoms. The molecule has 1 aromatic carbocycles. The van der Waals surface area contributed by atoms with Crippen molar-refractivity contribution in [1.82, 2.24) is 10.3 Å². The van der Waals surface area contributed by atoms with Crippen LogP contribution in [-0.2, 0) is 6.54 Å². The van der Waals surface area contributed by atoms with Crippen LogP contribution in [-0.4, -0.2) is 11.5 Å². The number of hydrogen-bond acceptors (Lipinski definition) is 3. The lowest BCUT2D eigenvalue weighted by Gasteiger charge is -2.14. The van der Waals surface area contributed by atoms with Crippen LogP contribution in [0.1, 0.15) is 23.7 Å². The molecule has 1 heterocycles. The molecule has 21 heavy (non-hydrogen) atoms. The molecule has 0 bridgehead atoms.